The van der Waals surface area contributed by atoms with Crippen molar-refractivity contribution < 1.29 is 13.2 Å². The summed E-state index contributed by atoms with van der Waals surface area (Å²) in [6.07, 6.45) is 3.02. The summed E-state index contributed by atoms with van der Waals surface area (Å²) in [5.74, 6) is -0.138. The highest BCUT2D eigenvalue weighted by atomic mass is 32.2. The number of nitrogens with zero attached hydrogens (tertiary/aromatic N) is 2. The van der Waals surface area contributed by atoms with E-state index in [-0.39, 0.29) is 11.9 Å². The number of carbonyl (C=O) groups excluding carboxylic acids is 1. The summed E-state index contributed by atoms with van der Waals surface area (Å²) in [6, 6.07) is 5.34. The zero-order valence-corrected chi connectivity index (χ0v) is 15.0. The number of rotatable bonds is 4. The van der Waals surface area contributed by atoms with Gasteiger partial charge in [-0.3, -0.25) is 9.10 Å². The van der Waals surface area contributed by atoms with Crippen LogP contribution < -0.4 is 9.62 Å². The van der Waals surface area contributed by atoms with Crippen LogP contribution >= 0.6 is 0 Å². The van der Waals surface area contributed by atoms with Gasteiger partial charge < -0.3 is 10.2 Å². The van der Waals surface area contributed by atoms with Crippen molar-refractivity contribution in [1.82, 2.24) is 10.2 Å². The van der Waals surface area contributed by atoms with Crippen molar-refractivity contribution in [2.75, 3.05) is 37.7 Å². The molecule has 1 aliphatic rings. The normalized spacial score (nSPS) is 17.0. The lowest BCUT2D eigenvalue weighted by atomic mass is 10.0. The number of carbonyl (C=O) groups is 1. The molecule has 6 nitrogen and oxygen atoms in total. The fourth-order valence-corrected chi connectivity index (χ4v) is 3.36. The van der Waals surface area contributed by atoms with Gasteiger partial charge in [0.25, 0.3) is 5.91 Å². The lowest BCUT2D eigenvalue weighted by Crippen LogP contribution is -2.43. The maximum atomic E-state index is 12.5. The number of nitrogens with one attached hydrogen (secondary N) is 1. The Morgan fingerprint density at radius 2 is 1.91 bits per heavy atom. The zero-order chi connectivity index (χ0) is 17.2. The highest BCUT2D eigenvalue weighted by molar-refractivity contribution is 7.92. The molecule has 23 heavy (non-hydrogen) atoms. The van der Waals surface area contributed by atoms with Gasteiger partial charge in [-0.15, -0.1) is 0 Å². The Labute approximate surface area is 138 Å². The maximum Gasteiger partial charge on any atom is 0.251 e. The number of benzene rings is 1. The summed E-state index contributed by atoms with van der Waals surface area (Å²) in [6.45, 7) is 3.72. The van der Waals surface area contributed by atoms with Gasteiger partial charge in [0.2, 0.25) is 10.0 Å². The van der Waals surface area contributed by atoms with Crippen LogP contribution in [0.5, 0.6) is 0 Å². The van der Waals surface area contributed by atoms with Crippen LogP contribution in [0.4, 0.5) is 5.69 Å². The standard InChI is InChI=1S/C16H25N3O3S/c1-12-14(6-5-7-15(12)19(3)23(4,21)22)16(20)17-13-8-10-18(2)11-9-13/h5-7,13H,8-11H2,1-4H3,(H,17,20). The molecule has 1 fully saturated rings. The molecule has 0 aromatic heterocycles. The van der Waals surface area contributed by atoms with E-state index in [0.717, 1.165) is 32.2 Å². The number of piperidine rings is 1. The fourth-order valence-electron chi connectivity index (χ4n) is 2.81. The average Bonchev–Trinajstić information content (AvgIpc) is 2.48. The average molecular weight is 339 g/mol. The van der Waals surface area contributed by atoms with Crippen LogP contribution in [-0.2, 0) is 10.0 Å². The molecule has 0 bridgehead atoms. The Bertz CT molecular complexity index is 680. The first-order valence-corrected chi connectivity index (χ1v) is 9.58. The number of hydrogen-bond donors (Lipinski definition) is 1. The summed E-state index contributed by atoms with van der Waals surface area (Å²) in [5.41, 5.74) is 1.73. The van der Waals surface area contributed by atoms with E-state index in [9.17, 15) is 13.2 Å². The van der Waals surface area contributed by atoms with Crippen LogP contribution in [0.25, 0.3) is 0 Å². The number of sulfonamides is 1. The van der Waals surface area contributed by atoms with Crippen LogP contribution in [0.1, 0.15) is 28.8 Å². The van der Waals surface area contributed by atoms with Crippen molar-refractivity contribution in [1.29, 1.82) is 0 Å². The third-order valence-corrected chi connectivity index (χ3v) is 5.63. The Kier molecular flexibility index (Phi) is 5.31. The summed E-state index contributed by atoms with van der Waals surface area (Å²) < 4.78 is 24.7. The van der Waals surface area contributed by atoms with E-state index in [0.29, 0.717) is 16.8 Å². The summed E-state index contributed by atoms with van der Waals surface area (Å²) in [4.78, 5) is 14.8. The predicted octanol–water partition coefficient (Wildman–Crippen LogP) is 1.21. The molecule has 1 heterocycles. The van der Waals surface area contributed by atoms with Crippen LogP contribution in [-0.4, -0.2) is 58.7 Å². The van der Waals surface area contributed by atoms with Crippen molar-refractivity contribution in [3.63, 3.8) is 0 Å². The second-order valence-corrected chi connectivity index (χ2v) is 8.24. The number of anilines is 1. The highest BCUT2D eigenvalue weighted by Gasteiger charge is 2.22. The molecule has 2 rings (SSSR count). The van der Waals surface area contributed by atoms with Crippen LogP contribution in [0.3, 0.4) is 0 Å². The molecule has 0 atom stereocenters. The summed E-state index contributed by atoms with van der Waals surface area (Å²) in [5, 5.41) is 3.07. The first kappa shape index (κ1) is 17.7. The van der Waals surface area contributed by atoms with Gasteiger partial charge >= 0.3 is 0 Å². The molecule has 0 radical (unpaired) electrons. The third kappa shape index (κ3) is 4.23. The van der Waals surface area contributed by atoms with Gasteiger partial charge in [-0.05, 0) is 57.6 Å². The molecule has 0 unspecified atom stereocenters. The molecular formula is C16H25N3O3S. The quantitative estimate of drug-likeness (QED) is 0.895. The van der Waals surface area contributed by atoms with Crippen molar-refractivity contribution in [3.05, 3.63) is 29.3 Å². The largest absolute Gasteiger partial charge is 0.349 e. The van der Waals surface area contributed by atoms with Gasteiger partial charge in [-0.2, -0.15) is 0 Å². The first-order valence-electron chi connectivity index (χ1n) is 7.73. The number of amides is 1. The van der Waals surface area contributed by atoms with Gasteiger partial charge in [0.1, 0.15) is 0 Å². The minimum atomic E-state index is -3.36. The topological polar surface area (TPSA) is 69.7 Å². The molecule has 0 spiro atoms. The van der Waals surface area contributed by atoms with Crippen molar-refractivity contribution in [3.8, 4) is 0 Å². The van der Waals surface area contributed by atoms with Gasteiger partial charge in [-0.1, -0.05) is 6.07 Å². The minimum Gasteiger partial charge on any atom is -0.349 e. The Balaban J connectivity index is 2.18. The number of likely N-dealkylation sites (tertiary alicyclic amines) is 1. The maximum absolute atomic E-state index is 12.5. The molecule has 1 aromatic rings. The molecule has 1 saturated heterocycles. The Morgan fingerprint density at radius 1 is 1.30 bits per heavy atom. The lowest BCUT2D eigenvalue weighted by molar-refractivity contribution is 0.0916. The monoisotopic (exact) mass is 339 g/mol. The smallest absolute Gasteiger partial charge is 0.251 e. The molecule has 0 aliphatic carbocycles. The number of hydrogen-bond acceptors (Lipinski definition) is 4. The molecule has 1 aromatic carbocycles. The molecule has 0 saturated carbocycles. The minimum absolute atomic E-state index is 0.138. The van der Waals surface area contributed by atoms with E-state index in [2.05, 4.69) is 17.3 Å². The van der Waals surface area contributed by atoms with E-state index in [4.69, 9.17) is 0 Å². The second kappa shape index (κ2) is 6.88. The van der Waals surface area contributed by atoms with E-state index < -0.39 is 10.0 Å². The highest BCUT2D eigenvalue weighted by Crippen LogP contribution is 2.24. The van der Waals surface area contributed by atoms with Gasteiger partial charge in [0, 0.05) is 18.7 Å². The predicted molar refractivity (Wildman–Crippen MR) is 92.4 cm³/mol. The van der Waals surface area contributed by atoms with Gasteiger partial charge in [0.05, 0.1) is 11.9 Å². The van der Waals surface area contributed by atoms with Crippen molar-refractivity contribution >= 4 is 21.6 Å². The van der Waals surface area contributed by atoms with Gasteiger partial charge in [0.15, 0.2) is 0 Å². The molecule has 1 aliphatic heterocycles. The van der Waals surface area contributed by atoms with E-state index in [1.165, 1.54) is 11.4 Å². The Morgan fingerprint density at radius 3 is 2.48 bits per heavy atom. The SMILES string of the molecule is Cc1c(C(=O)NC2CCN(C)CC2)cccc1N(C)S(C)(=O)=O. The fraction of sp³-hybridized carbons (Fsp3) is 0.562. The third-order valence-electron chi connectivity index (χ3n) is 4.44. The van der Waals surface area contributed by atoms with Gasteiger partial charge in [-0.25, -0.2) is 8.42 Å². The van der Waals surface area contributed by atoms with Crippen LogP contribution in [0.2, 0.25) is 0 Å². The summed E-state index contributed by atoms with van der Waals surface area (Å²) >= 11 is 0. The molecule has 1 amide bonds. The second-order valence-electron chi connectivity index (χ2n) is 6.23. The molecule has 128 valence electrons. The zero-order valence-electron chi connectivity index (χ0n) is 14.2. The summed E-state index contributed by atoms with van der Waals surface area (Å²) in [7, 11) is 0.214. The Hall–Kier alpha value is -1.60. The van der Waals surface area contributed by atoms with Crippen molar-refractivity contribution in [2.24, 2.45) is 0 Å². The molecule has 1 N–H and O–H groups in total. The van der Waals surface area contributed by atoms with E-state index in [1.54, 1.807) is 25.1 Å². The van der Waals surface area contributed by atoms with Crippen LogP contribution in [0.15, 0.2) is 18.2 Å². The molecule has 7 heteroatoms. The van der Waals surface area contributed by atoms with Crippen LogP contribution in [0, 0.1) is 6.92 Å². The van der Waals surface area contributed by atoms with Crippen molar-refractivity contribution in [2.45, 2.75) is 25.8 Å². The van der Waals surface area contributed by atoms with E-state index >= 15 is 0 Å². The molecular weight excluding hydrogens is 314 g/mol. The van der Waals surface area contributed by atoms with E-state index in [1.807, 2.05) is 0 Å². The lowest BCUT2D eigenvalue weighted by Gasteiger charge is -2.29. The first-order chi connectivity index (χ1) is 10.7.